The molecule has 0 spiro atoms. The minimum atomic E-state index is -0.0950. The zero-order valence-corrected chi connectivity index (χ0v) is 13.4. The molecule has 2 atom stereocenters. The Morgan fingerprint density at radius 2 is 1.65 bits per heavy atom. The van der Waals surface area contributed by atoms with E-state index in [0.29, 0.717) is 0 Å². The number of rotatable bonds is 4. The van der Waals surface area contributed by atoms with Crippen molar-refractivity contribution in [3.8, 4) is 0 Å². The molecule has 1 amide bonds. The van der Waals surface area contributed by atoms with Crippen molar-refractivity contribution in [1.29, 1.82) is 0 Å². The van der Waals surface area contributed by atoms with Crippen LogP contribution in [0.2, 0.25) is 0 Å². The number of para-hydroxylation sites is 1. The molecular weight excluding hydrogens is 284 g/mol. The number of aromatic nitrogens is 1. The first-order chi connectivity index (χ1) is 11.1. The van der Waals surface area contributed by atoms with Crippen molar-refractivity contribution in [2.24, 2.45) is 0 Å². The normalized spacial score (nSPS) is 13.5. The third-order valence-electron chi connectivity index (χ3n) is 4.10. The number of fused-ring (bicyclic) bond motifs is 1. The highest BCUT2D eigenvalue weighted by Gasteiger charge is 2.22. The highest BCUT2D eigenvalue weighted by atomic mass is 16.1. The molecule has 0 aliphatic rings. The van der Waals surface area contributed by atoms with Gasteiger partial charge < -0.3 is 5.32 Å². The zero-order chi connectivity index (χ0) is 16.2. The molecule has 0 unspecified atom stereocenters. The fourth-order valence-electron chi connectivity index (χ4n) is 2.88. The molecule has 23 heavy (non-hydrogen) atoms. The Bertz CT molecular complexity index is 814. The number of pyridine rings is 1. The summed E-state index contributed by atoms with van der Waals surface area (Å²) in [5, 5.41) is 4.19. The Kier molecular flexibility index (Phi) is 4.38. The van der Waals surface area contributed by atoms with Crippen LogP contribution in [-0.4, -0.2) is 10.9 Å². The first-order valence-corrected chi connectivity index (χ1v) is 7.83. The fraction of sp³-hybridized carbons (Fsp3) is 0.200. The van der Waals surface area contributed by atoms with Gasteiger partial charge in [0, 0.05) is 23.9 Å². The maximum absolute atomic E-state index is 11.6. The highest BCUT2D eigenvalue weighted by Crippen LogP contribution is 2.30. The summed E-state index contributed by atoms with van der Waals surface area (Å²) in [5.74, 6) is 0.0393. The van der Waals surface area contributed by atoms with Crippen molar-refractivity contribution in [3.05, 3.63) is 78.0 Å². The van der Waals surface area contributed by atoms with Gasteiger partial charge in [0.2, 0.25) is 5.91 Å². The summed E-state index contributed by atoms with van der Waals surface area (Å²) < 4.78 is 0. The van der Waals surface area contributed by atoms with Gasteiger partial charge in [0.15, 0.2) is 0 Å². The van der Waals surface area contributed by atoms with Crippen LogP contribution in [0.4, 0.5) is 0 Å². The molecule has 0 fully saturated rings. The summed E-state index contributed by atoms with van der Waals surface area (Å²) in [6.07, 6.45) is 0. The van der Waals surface area contributed by atoms with Crippen LogP contribution in [0.5, 0.6) is 0 Å². The fourth-order valence-corrected chi connectivity index (χ4v) is 2.88. The predicted octanol–water partition coefficient (Wildman–Crippen LogP) is 4.22. The number of carbonyl (C=O) groups excluding carboxylic acids is 1. The number of benzene rings is 2. The highest BCUT2D eigenvalue weighted by molar-refractivity contribution is 5.78. The van der Waals surface area contributed by atoms with Crippen LogP contribution in [0.15, 0.2) is 66.7 Å². The predicted molar refractivity (Wildman–Crippen MR) is 93.2 cm³/mol. The number of nitrogens with one attached hydrogen (secondary N) is 1. The van der Waals surface area contributed by atoms with Gasteiger partial charge in [-0.3, -0.25) is 9.78 Å². The van der Waals surface area contributed by atoms with Gasteiger partial charge in [-0.1, -0.05) is 61.5 Å². The molecular formula is C20H20N2O. The summed E-state index contributed by atoms with van der Waals surface area (Å²) in [7, 11) is 0. The molecule has 0 saturated heterocycles. The lowest BCUT2D eigenvalue weighted by Gasteiger charge is -2.25. The number of amides is 1. The topological polar surface area (TPSA) is 42.0 Å². The van der Waals surface area contributed by atoms with Gasteiger partial charge in [0.1, 0.15) is 0 Å². The van der Waals surface area contributed by atoms with Crippen LogP contribution in [0.25, 0.3) is 10.9 Å². The molecule has 1 heterocycles. The van der Waals surface area contributed by atoms with Crippen LogP contribution in [-0.2, 0) is 4.79 Å². The minimum Gasteiger partial charge on any atom is -0.349 e. The summed E-state index contributed by atoms with van der Waals surface area (Å²) in [4.78, 5) is 16.4. The molecule has 0 aliphatic heterocycles. The van der Waals surface area contributed by atoms with Crippen LogP contribution >= 0.6 is 0 Å². The average Bonchev–Trinajstić information content (AvgIpc) is 2.59. The van der Waals surface area contributed by atoms with E-state index in [2.05, 4.69) is 24.4 Å². The average molecular weight is 304 g/mol. The number of hydrogen-bond acceptors (Lipinski definition) is 2. The second-order valence-corrected chi connectivity index (χ2v) is 5.81. The molecule has 0 bridgehead atoms. The molecule has 0 aliphatic carbocycles. The molecule has 1 aromatic heterocycles. The molecule has 3 nitrogen and oxygen atoms in total. The quantitative estimate of drug-likeness (QED) is 0.784. The summed E-state index contributed by atoms with van der Waals surface area (Å²) in [6.45, 7) is 3.65. The lowest BCUT2D eigenvalue weighted by atomic mass is 9.91. The van der Waals surface area contributed by atoms with Crippen LogP contribution in [0.1, 0.15) is 37.1 Å². The van der Waals surface area contributed by atoms with Gasteiger partial charge in [0.25, 0.3) is 0 Å². The first-order valence-electron chi connectivity index (χ1n) is 7.83. The molecule has 116 valence electrons. The van der Waals surface area contributed by atoms with E-state index in [4.69, 9.17) is 4.98 Å². The van der Waals surface area contributed by atoms with E-state index in [0.717, 1.165) is 22.2 Å². The van der Waals surface area contributed by atoms with Crippen molar-refractivity contribution in [2.75, 3.05) is 0 Å². The largest absolute Gasteiger partial charge is 0.349 e. The molecule has 0 radical (unpaired) electrons. The van der Waals surface area contributed by atoms with Crippen LogP contribution < -0.4 is 5.32 Å². The van der Waals surface area contributed by atoms with Crippen molar-refractivity contribution in [1.82, 2.24) is 10.3 Å². The second-order valence-electron chi connectivity index (χ2n) is 5.81. The monoisotopic (exact) mass is 304 g/mol. The summed E-state index contributed by atoms with van der Waals surface area (Å²) in [5.41, 5.74) is 3.04. The smallest absolute Gasteiger partial charge is 0.217 e. The van der Waals surface area contributed by atoms with E-state index in [1.807, 2.05) is 54.6 Å². The third-order valence-corrected chi connectivity index (χ3v) is 4.10. The van der Waals surface area contributed by atoms with Crippen LogP contribution in [0.3, 0.4) is 0 Å². The Morgan fingerprint density at radius 1 is 0.957 bits per heavy atom. The molecule has 2 aromatic carbocycles. The lowest BCUT2D eigenvalue weighted by Crippen LogP contribution is -2.30. The van der Waals surface area contributed by atoms with Gasteiger partial charge in [-0.2, -0.15) is 0 Å². The number of nitrogens with zero attached hydrogens (tertiary/aromatic N) is 1. The lowest BCUT2D eigenvalue weighted by molar-refractivity contribution is -0.119. The van der Waals surface area contributed by atoms with E-state index in [1.54, 1.807) is 6.92 Å². The Morgan fingerprint density at radius 3 is 2.39 bits per heavy atom. The molecule has 3 heteroatoms. The maximum atomic E-state index is 11.6. The molecule has 3 aromatic rings. The van der Waals surface area contributed by atoms with Crippen molar-refractivity contribution >= 4 is 16.8 Å². The van der Waals surface area contributed by atoms with Gasteiger partial charge in [0.05, 0.1) is 11.6 Å². The third kappa shape index (κ3) is 3.39. The molecule has 1 N–H and O–H groups in total. The summed E-state index contributed by atoms with van der Waals surface area (Å²) >= 11 is 0. The van der Waals surface area contributed by atoms with Gasteiger partial charge >= 0.3 is 0 Å². The van der Waals surface area contributed by atoms with E-state index in [9.17, 15) is 4.79 Å². The van der Waals surface area contributed by atoms with E-state index in [-0.39, 0.29) is 17.9 Å². The second kappa shape index (κ2) is 6.61. The van der Waals surface area contributed by atoms with Crippen molar-refractivity contribution < 1.29 is 4.79 Å². The van der Waals surface area contributed by atoms with Gasteiger partial charge in [-0.25, -0.2) is 0 Å². The van der Waals surface area contributed by atoms with Crippen molar-refractivity contribution in [2.45, 2.75) is 25.8 Å². The van der Waals surface area contributed by atoms with E-state index in [1.165, 1.54) is 0 Å². The van der Waals surface area contributed by atoms with E-state index < -0.39 is 0 Å². The first kappa shape index (κ1) is 15.2. The molecule has 3 rings (SSSR count). The van der Waals surface area contributed by atoms with E-state index >= 15 is 0 Å². The molecule has 0 saturated carbocycles. The van der Waals surface area contributed by atoms with Gasteiger partial charge in [-0.05, 0) is 17.7 Å². The number of hydrogen-bond donors (Lipinski definition) is 1. The Hall–Kier alpha value is -2.68. The van der Waals surface area contributed by atoms with Crippen LogP contribution in [0, 0.1) is 0 Å². The zero-order valence-electron chi connectivity index (χ0n) is 13.4. The Balaban J connectivity index is 1.98. The van der Waals surface area contributed by atoms with Gasteiger partial charge in [-0.15, -0.1) is 0 Å². The minimum absolute atomic E-state index is 0.0357. The SMILES string of the molecule is CC(=O)N[C@H](c1ccccc1)[C@H](C)c1ccc2ccccc2n1. The summed E-state index contributed by atoms with van der Waals surface area (Å²) in [6, 6.07) is 22.2. The standard InChI is InChI=1S/C20H20N2O/c1-14(18-13-12-16-8-6-7-11-19(16)22-18)20(21-15(2)23)17-9-4-3-5-10-17/h3-14,20H,1-2H3,(H,21,23)/t14-,20+/m1/s1. The Labute approximate surface area is 136 Å². The number of carbonyl (C=O) groups is 1. The van der Waals surface area contributed by atoms with Crippen molar-refractivity contribution in [3.63, 3.8) is 0 Å². The maximum Gasteiger partial charge on any atom is 0.217 e.